The third-order valence-corrected chi connectivity index (χ3v) is 4.40. The Morgan fingerprint density at radius 1 is 1.42 bits per heavy atom. The molecule has 1 saturated carbocycles. The van der Waals surface area contributed by atoms with E-state index in [2.05, 4.69) is 15.4 Å². The van der Waals surface area contributed by atoms with Gasteiger partial charge in [-0.3, -0.25) is 14.5 Å². The number of nitrogens with one attached hydrogen (secondary N) is 1. The highest BCUT2D eigenvalue weighted by Gasteiger charge is 2.28. The second kappa shape index (κ2) is 5.70. The fourth-order valence-corrected chi connectivity index (χ4v) is 3.01. The van der Waals surface area contributed by atoms with Crippen LogP contribution in [0, 0.1) is 6.92 Å². The molecule has 0 aliphatic heterocycles. The maximum absolute atomic E-state index is 12.8. The van der Waals surface area contributed by atoms with Crippen LogP contribution in [-0.4, -0.2) is 25.7 Å². The van der Waals surface area contributed by atoms with Gasteiger partial charge in [-0.25, -0.2) is 4.98 Å². The minimum absolute atomic E-state index is 0.0933. The minimum Gasteiger partial charge on any atom is -0.348 e. The smallest absolute Gasteiger partial charge is 0.252 e. The van der Waals surface area contributed by atoms with Crippen LogP contribution < -0.4 is 5.32 Å². The number of hydrogen-bond donors (Lipinski definition) is 1. The van der Waals surface area contributed by atoms with Crippen molar-refractivity contribution in [2.24, 2.45) is 7.05 Å². The summed E-state index contributed by atoms with van der Waals surface area (Å²) in [6, 6.07) is 5.75. The summed E-state index contributed by atoms with van der Waals surface area (Å²) in [6.07, 6.45) is 5.77. The molecule has 3 aromatic rings. The standard InChI is InChI=1S/C18H19N5O/c1-11-16-14(18(24)20-10-12-4-3-7-19-9-12)8-15(13-5-6-13)21-17(16)23(2)22-11/h3-4,7-9,13H,5-6,10H2,1-2H3,(H,20,24). The van der Waals surface area contributed by atoms with E-state index in [4.69, 9.17) is 4.98 Å². The average molecular weight is 321 g/mol. The van der Waals surface area contributed by atoms with E-state index in [1.165, 1.54) is 0 Å². The molecule has 0 unspecified atom stereocenters. The first-order chi connectivity index (χ1) is 11.6. The van der Waals surface area contributed by atoms with E-state index in [-0.39, 0.29) is 5.91 Å². The number of amides is 1. The first-order valence-corrected chi connectivity index (χ1v) is 8.15. The fourth-order valence-electron chi connectivity index (χ4n) is 3.01. The highest BCUT2D eigenvalue weighted by Crippen LogP contribution is 2.40. The molecule has 3 heterocycles. The Labute approximate surface area is 139 Å². The predicted molar refractivity (Wildman–Crippen MR) is 90.6 cm³/mol. The SMILES string of the molecule is Cc1nn(C)c2nc(C3CC3)cc(C(=O)NCc3cccnc3)c12. The van der Waals surface area contributed by atoms with Gasteiger partial charge in [0, 0.05) is 37.6 Å². The van der Waals surface area contributed by atoms with Gasteiger partial charge < -0.3 is 5.32 Å². The Hall–Kier alpha value is -2.76. The molecule has 1 aliphatic carbocycles. The van der Waals surface area contributed by atoms with Crippen LogP contribution in [0.4, 0.5) is 0 Å². The van der Waals surface area contributed by atoms with Gasteiger partial charge in [0.2, 0.25) is 0 Å². The van der Waals surface area contributed by atoms with Gasteiger partial charge in [0.05, 0.1) is 16.6 Å². The van der Waals surface area contributed by atoms with Gasteiger partial charge in [-0.05, 0) is 37.5 Å². The van der Waals surface area contributed by atoms with Crippen LogP contribution in [0.15, 0.2) is 30.6 Å². The summed E-state index contributed by atoms with van der Waals surface area (Å²) in [5.41, 5.74) is 4.24. The number of rotatable bonds is 4. The van der Waals surface area contributed by atoms with E-state index in [1.807, 2.05) is 32.2 Å². The number of carbonyl (C=O) groups excluding carboxylic acids is 1. The molecular weight excluding hydrogens is 302 g/mol. The summed E-state index contributed by atoms with van der Waals surface area (Å²) < 4.78 is 1.76. The molecule has 4 rings (SSSR count). The molecule has 0 bridgehead atoms. The first kappa shape index (κ1) is 14.8. The molecule has 24 heavy (non-hydrogen) atoms. The molecular formula is C18H19N5O. The minimum atomic E-state index is -0.0933. The highest BCUT2D eigenvalue weighted by molar-refractivity contribution is 6.06. The van der Waals surface area contributed by atoms with E-state index in [9.17, 15) is 4.79 Å². The average Bonchev–Trinajstić information content (AvgIpc) is 3.40. The Bertz CT molecular complexity index is 912. The summed E-state index contributed by atoms with van der Waals surface area (Å²) in [7, 11) is 1.87. The quantitative estimate of drug-likeness (QED) is 0.801. The normalized spacial score (nSPS) is 14.1. The molecule has 3 aromatic heterocycles. The van der Waals surface area contributed by atoms with Crippen molar-refractivity contribution in [1.82, 2.24) is 25.1 Å². The third-order valence-electron chi connectivity index (χ3n) is 4.40. The molecule has 0 aromatic carbocycles. The Morgan fingerprint density at radius 3 is 2.96 bits per heavy atom. The molecule has 1 fully saturated rings. The second-order valence-corrected chi connectivity index (χ2v) is 6.32. The number of pyridine rings is 2. The highest BCUT2D eigenvalue weighted by atomic mass is 16.1. The Kier molecular flexibility index (Phi) is 3.52. The van der Waals surface area contributed by atoms with Crippen molar-refractivity contribution in [3.8, 4) is 0 Å². The van der Waals surface area contributed by atoms with Crippen molar-refractivity contribution < 1.29 is 4.79 Å². The van der Waals surface area contributed by atoms with Gasteiger partial charge in [0.15, 0.2) is 5.65 Å². The van der Waals surface area contributed by atoms with Crippen LogP contribution in [0.25, 0.3) is 11.0 Å². The van der Waals surface area contributed by atoms with Crippen LogP contribution in [-0.2, 0) is 13.6 Å². The lowest BCUT2D eigenvalue weighted by Crippen LogP contribution is -2.23. The first-order valence-electron chi connectivity index (χ1n) is 8.15. The molecule has 1 N–H and O–H groups in total. The van der Waals surface area contributed by atoms with Crippen molar-refractivity contribution in [1.29, 1.82) is 0 Å². The summed E-state index contributed by atoms with van der Waals surface area (Å²) >= 11 is 0. The maximum Gasteiger partial charge on any atom is 0.252 e. The second-order valence-electron chi connectivity index (χ2n) is 6.32. The summed E-state index contributed by atoms with van der Waals surface area (Å²) in [5, 5.41) is 8.26. The van der Waals surface area contributed by atoms with E-state index < -0.39 is 0 Å². The number of carbonyl (C=O) groups is 1. The van der Waals surface area contributed by atoms with Gasteiger partial charge in [0.25, 0.3) is 5.91 Å². The molecule has 1 aliphatic rings. The Morgan fingerprint density at radius 2 is 2.25 bits per heavy atom. The van der Waals surface area contributed by atoms with E-state index in [1.54, 1.807) is 17.1 Å². The van der Waals surface area contributed by atoms with Crippen LogP contribution in [0.2, 0.25) is 0 Å². The maximum atomic E-state index is 12.8. The number of fused-ring (bicyclic) bond motifs is 1. The van der Waals surface area contributed by atoms with Crippen molar-refractivity contribution in [2.45, 2.75) is 32.2 Å². The largest absolute Gasteiger partial charge is 0.348 e. The molecule has 0 saturated heterocycles. The van der Waals surface area contributed by atoms with E-state index >= 15 is 0 Å². The number of hydrogen-bond acceptors (Lipinski definition) is 4. The lowest BCUT2D eigenvalue weighted by molar-refractivity contribution is 0.0952. The molecule has 1 amide bonds. The zero-order chi connectivity index (χ0) is 16.7. The zero-order valence-electron chi connectivity index (χ0n) is 13.8. The van der Waals surface area contributed by atoms with Crippen LogP contribution in [0.1, 0.15) is 46.1 Å². The topological polar surface area (TPSA) is 72.7 Å². The third kappa shape index (κ3) is 2.64. The summed E-state index contributed by atoms with van der Waals surface area (Å²) in [4.78, 5) is 21.6. The van der Waals surface area contributed by atoms with Gasteiger partial charge >= 0.3 is 0 Å². The molecule has 0 spiro atoms. The van der Waals surface area contributed by atoms with Crippen molar-refractivity contribution >= 4 is 16.9 Å². The lowest BCUT2D eigenvalue weighted by atomic mass is 10.1. The van der Waals surface area contributed by atoms with Crippen molar-refractivity contribution in [3.05, 3.63) is 53.1 Å². The molecule has 0 atom stereocenters. The van der Waals surface area contributed by atoms with Gasteiger partial charge in [-0.1, -0.05) is 6.07 Å². The predicted octanol–water partition coefficient (Wildman–Crippen LogP) is 2.48. The van der Waals surface area contributed by atoms with Crippen LogP contribution >= 0.6 is 0 Å². The van der Waals surface area contributed by atoms with Crippen molar-refractivity contribution in [3.63, 3.8) is 0 Å². The van der Waals surface area contributed by atoms with Crippen LogP contribution in [0.3, 0.4) is 0 Å². The number of aromatic nitrogens is 4. The fraction of sp³-hybridized carbons (Fsp3) is 0.333. The number of nitrogens with zero attached hydrogens (tertiary/aromatic N) is 4. The van der Waals surface area contributed by atoms with Gasteiger partial charge in [-0.15, -0.1) is 0 Å². The molecule has 6 heteroatoms. The number of aryl methyl sites for hydroxylation is 2. The molecule has 0 radical (unpaired) electrons. The van der Waals surface area contributed by atoms with E-state index in [0.29, 0.717) is 18.0 Å². The van der Waals surface area contributed by atoms with Gasteiger partial charge in [0.1, 0.15) is 0 Å². The summed E-state index contributed by atoms with van der Waals surface area (Å²) in [6.45, 7) is 2.37. The zero-order valence-corrected chi connectivity index (χ0v) is 13.8. The monoisotopic (exact) mass is 321 g/mol. The van der Waals surface area contributed by atoms with Crippen LogP contribution in [0.5, 0.6) is 0 Å². The molecule has 6 nitrogen and oxygen atoms in total. The summed E-state index contributed by atoms with van der Waals surface area (Å²) in [5.74, 6) is 0.388. The Balaban J connectivity index is 1.70. The lowest BCUT2D eigenvalue weighted by Gasteiger charge is -2.09. The van der Waals surface area contributed by atoms with Crippen molar-refractivity contribution in [2.75, 3.05) is 0 Å². The molecule has 122 valence electrons. The van der Waals surface area contributed by atoms with E-state index in [0.717, 1.165) is 40.8 Å². The van der Waals surface area contributed by atoms with Gasteiger partial charge in [-0.2, -0.15) is 5.10 Å².